The van der Waals surface area contributed by atoms with E-state index in [2.05, 4.69) is 34.0 Å². The first-order valence-electron chi connectivity index (χ1n) is 10.7. The quantitative estimate of drug-likeness (QED) is 0.393. The number of fused-ring (bicyclic) bond motifs is 1. The van der Waals surface area contributed by atoms with Gasteiger partial charge in [0.25, 0.3) is 0 Å². The van der Waals surface area contributed by atoms with Crippen molar-refractivity contribution < 1.29 is 12.8 Å². The highest BCUT2D eigenvalue weighted by Gasteiger charge is 2.13. The summed E-state index contributed by atoms with van der Waals surface area (Å²) in [4.78, 5) is 11.7. The van der Waals surface area contributed by atoms with Gasteiger partial charge in [-0.1, -0.05) is 0 Å². The van der Waals surface area contributed by atoms with Crippen molar-refractivity contribution in [2.24, 2.45) is 0 Å². The maximum absolute atomic E-state index is 13.9. The molecule has 6 nitrogen and oxygen atoms in total. The van der Waals surface area contributed by atoms with Gasteiger partial charge in [0.1, 0.15) is 11.6 Å². The monoisotopic (exact) mass is 464 g/mol. The number of anilines is 3. The van der Waals surface area contributed by atoms with Gasteiger partial charge in [0.2, 0.25) is 0 Å². The van der Waals surface area contributed by atoms with E-state index in [0.29, 0.717) is 28.1 Å². The molecule has 0 aliphatic heterocycles. The summed E-state index contributed by atoms with van der Waals surface area (Å²) in [6.07, 6.45) is 1.16. The fourth-order valence-corrected chi connectivity index (χ4v) is 4.29. The van der Waals surface area contributed by atoms with Gasteiger partial charge in [-0.25, -0.2) is 22.8 Å². The van der Waals surface area contributed by atoms with Crippen LogP contribution in [0.4, 0.5) is 21.6 Å². The summed E-state index contributed by atoms with van der Waals surface area (Å²) in [6.45, 7) is 6.08. The summed E-state index contributed by atoms with van der Waals surface area (Å²) in [5, 5.41) is 4.01. The Morgan fingerprint density at radius 1 is 0.909 bits per heavy atom. The number of rotatable bonds is 7. The maximum atomic E-state index is 13.9. The minimum atomic E-state index is -3.31. The fraction of sp³-hybridized carbons (Fsp3) is 0.200. The lowest BCUT2D eigenvalue weighted by Gasteiger charge is -2.21. The highest BCUT2D eigenvalue weighted by Crippen LogP contribution is 2.29. The van der Waals surface area contributed by atoms with Gasteiger partial charge in [0.05, 0.1) is 10.4 Å². The van der Waals surface area contributed by atoms with Crippen LogP contribution < -0.4 is 10.2 Å². The summed E-state index contributed by atoms with van der Waals surface area (Å²) in [5.74, 6) is 0.516. The van der Waals surface area contributed by atoms with Crippen molar-refractivity contribution in [3.8, 4) is 11.4 Å². The molecule has 0 spiro atoms. The SMILES string of the molecule is CCN(CC)c1ccc(Nc2nc(-c3ccc(S(C)(=O)=O)cc3)nc3cc(F)ccc23)cc1. The molecule has 0 saturated heterocycles. The van der Waals surface area contributed by atoms with E-state index in [1.807, 2.05) is 24.3 Å². The molecule has 0 atom stereocenters. The molecule has 1 N–H and O–H groups in total. The van der Waals surface area contributed by atoms with Crippen LogP contribution in [-0.2, 0) is 9.84 Å². The number of sulfone groups is 1. The Morgan fingerprint density at radius 3 is 2.18 bits per heavy atom. The van der Waals surface area contributed by atoms with Crippen molar-refractivity contribution in [1.82, 2.24) is 9.97 Å². The average Bonchev–Trinajstić information content (AvgIpc) is 2.80. The Balaban J connectivity index is 1.74. The van der Waals surface area contributed by atoms with Crippen LogP contribution in [0.2, 0.25) is 0 Å². The third kappa shape index (κ3) is 4.96. The Kier molecular flexibility index (Phi) is 6.29. The van der Waals surface area contributed by atoms with Crippen molar-refractivity contribution in [2.45, 2.75) is 18.7 Å². The van der Waals surface area contributed by atoms with E-state index in [1.165, 1.54) is 24.3 Å². The molecular weight excluding hydrogens is 439 g/mol. The van der Waals surface area contributed by atoms with Crippen LogP contribution >= 0.6 is 0 Å². The Morgan fingerprint density at radius 2 is 1.58 bits per heavy atom. The molecule has 0 aliphatic rings. The van der Waals surface area contributed by atoms with Crippen molar-refractivity contribution >= 4 is 37.9 Å². The predicted molar refractivity (Wildman–Crippen MR) is 131 cm³/mol. The lowest BCUT2D eigenvalue weighted by atomic mass is 10.1. The van der Waals surface area contributed by atoms with Gasteiger partial charge in [-0.2, -0.15) is 0 Å². The third-order valence-electron chi connectivity index (χ3n) is 5.46. The number of nitrogens with one attached hydrogen (secondary N) is 1. The van der Waals surface area contributed by atoms with Crippen LogP contribution in [0.25, 0.3) is 22.3 Å². The molecule has 170 valence electrons. The Bertz CT molecular complexity index is 1380. The summed E-state index contributed by atoms with van der Waals surface area (Å²) in [6, 6.07) is 18.8. The lowest BCUT2D eigenvalue weighted by molar-refractivity contribution is 0.602. The summed E-state index contributed by atoms with van der Waals surface area (Å²) in [7, 11) is -3.31. The van der Waals surface area contributed by atoms with Gasteiger partial charge < -0.3 is 10.2 Å². The van der Waals surface area contributed by atoms with E-state index < -0.39 is 15.7 Å². The van der Waals surface area contributed by atoms with Crippen molar-refractivity contribution in [2.75, 3.05) is 29.6 Å². The molecule has 1 heterocycles. The smallest absolute Gasteiger partial charge is 0.175 e. The normalized spacial score (nSPS) is 11.5. The predicted octanol–water partition coefficient (Wildman–Crippen LogP) is 5.43. The van der Waals surface area contributed by atoms with Crippen molar-refractivity contribution in [1.29, 1.82) is 0 Å². The molecule has 4 rings (SSSR count). The molecule has 3 aromatic carbocycles. The standard InChI is InChI=1S/C25H25FN4O2S/c1-4-30(5-2)20-11-9-19(10-12-20)27-25-22-15-8-18(26)16-23(22)28-24(29-25)17-6-13-21(14-7-17)33(3,31)32/h6-16H,4-5H2,1-3H3,(H,27,28,29). The number of hydrogen-bond acceptors (Lipinski definition) is 6. The average molecular weight is 465 g/mol. The van der Waals surface area contributed by atoms with E-state index >= 15 is 0 Å². The molecule has 0 saturated carbocycles. The van der Waals surface area contributed by atoms with Crippen LogP contribution in [0.15, 0.2) is 71.6 Å². The number of halogens is 1. The van der Waals surface area contributed by atoms with Crippen LogP contribution in [0.5, 0.6) is 0 Å². The number of benzene rings is 3. The van der Waals surface area contributed by atoms with Gasteiger partial charge in [0.15, 0.2) is 15.7 Å². The van der Waals surface area contributed by atoms with E-state index in [-0.39, 0.29) is 4.90 Å². The molecule has 33 heavy (non-hydrogen) atoms. The molecular formula is C25H25FN4O2S. The molecule has 8 heteroatoms. The van der Waals surface area contributed by atoms with E-state index in [1.54, 1.807) is 18.2 Å². The molecule has 0 amide bonds. The minimum Gasteiger partial charge on any atom is -0.372 e. The van der Waals surface area contributed by atoms with Gasteiger partial charge in [0, 0.05) is 47.7 Å². The second kappa shape index (κ2) is 9.15. The van der Waals surface area contributed by atoms with Gasteiger partial charge in [-0.15, -0.1) is 0 Å². The van der Waals surface area contributed by atoms with E-state index in [4.69, 9.17) is 0 Å². The second-order valence-corrected chi connectivity index (χ2v) is 9.71. The minimum absolute atomic E-state index is 0.213. The number of aromatic nitrogens is 2. The third-order valence-corrected chi connectivity index (χ3v) is 6.59. The number of hydrogen-bond donors (Lipinski definition) is 1. The van der Waals surface area contributed by atoms with Gasteiger partial charge in [-0.3, -0.25) is 0 Å². The van der Waals surface area contributed by atoms with Crippen LogP contribution in [0, 0.1) is 5.82 Å². The summed E-state index contributed by atoms with van der Waals surface area (Å²) in [5.41, 5.74) is 3.06. The lowest BCUT2D eigenvalue weighted by Crippen LogP contribution is -2.21. The van der Waals surface area contributed by atoms with Gasteiger partial charge in [-0.05, 0) is 74.5 Å². The van der Waals surface area contributed by atoms with Crippen molar-refractivity contribution in [3.63, 3.8) is 0 Å². The largest absolute Gasteiger partial charge is 0.372 e. The molecule has 0 radical (unpaired) electrons. The topological polar surface area (TPSA) is 75.2 Å². The summed E-state index contributed by atoms with van der Waals surface area (Å²) >= 11 is 0. The molecule has 1 aromatic heterocycles. The summed E-state index contributed by atoms with van der Waals surface area (Å²) < 4.78 is 37.5. The first kappa shape index (κ1) is 22.7. The Labute approximate surface area is 193 Å². The van der Waals surface area contributed by atoms with Crippen molar-refractivity contribution in [3.05, 3.63) is 72.5 Å². The first-order valence-corrected chi connectivity index (χ1v) is 12.6. The van der Waals surface area contributed by atoms with Gasteiger partial charge >= 0.3 is 0 Å². The molecule has 0 unspecified atom stereocenters. The molecule has 4 aromatic rings. The molecule has 0 bridgehead atoms. The highest BCUT2D eigenvalue weighted by molar-refractivity contribution is 7.90. The van der Waals surface area contributed by atoms with Crippen LogP contribution in [0.1, 0.15) is 13.8 Å². The van der Waals surface area contributed by atoms with Crippen LogP contribution in [-0.4, -0.2) is 37.7 Å². The zero-order valence-corrected chi connectivity index (χ0v) is 19.5. The zero-order chi connectivity index (χ0) is 23.6. The maximum Gasteiger partial charge on any atom is 0.175 e. The molecule has 0 aliphatic carbocycles. The van der Waals surface area contributed by atoms with E-state index in [0.717, 1.165) is 30.7 Å². The second-order valence-electron chi connectivity index (χ2n) is 7.70. The number of nitrogens with zero attached hydrogens (tertiary/aromatic N) is 3. The molecule has 0 fully saturated rings. The first-order chi connectivity index (χ1) is 15.8. The van der Waals surface area contributed by atoms with Crippen LogP contribution in [0.3, 0.4) is 0 Å². The zero-order valence-electron chi connectivity index (χ0n) is 18.7. The van der Waals surface area contributed by atoms with E-state index in [9.17, 15) is 12.8 Å². The highest BCUT2D eigenvalue weighted by atomic mass is 32.2. The Hall–Kier alpha value is -3.52. The fourth-order valence-electron chi connectivity index (χ4n) is 3.66.